The lowest BCUT2D eigenvalue weighted by atomic mass is 10.00. The molecule has 1 atom stereocenters. The van der Waals surface area contributed by atoms with Crippen molar-refractivity contribution < 1.29 is 23.8 Å². The molecule has 11 heteroatoms. The monoisotopic (exact) mass is 589 g/mol. The topological polar surface area (TPSA) is 92.6 Å². The van der Waals surface area contributed by atoms with Crippen molar-refractivity contribution >= 4 is 67.8 Å². The van der Waals surface area contributed by atoms with E-state index in [4.69, 9.17) is 4.74 Å². The number of benzene rings is 3. The predicted molar refractivity (Wildman–Crippen MR) is 155 cm³/mol. The van der Waals surface area contributed by atoms with Gasteiger partial charge in [0.05, 0.1) is 12.7 Å². The largest absolute Gasteiger partial charge is 0.507 e. The number of nitrogens with zero attached hydrogens (tertiary/aromatic N) is 3. The summed E-state index contributed by atoms with van der Waals surface area (Å²) in [5.41, 5.74) is 1.06. The van der Waals surface area contributed by atoms with Crippen LogP contribution in [0, 0.1) is 5.82 Å². The molecular weight excluding hydrogens is 570 g/mol. The number of Topliss-reactive ketones (excluding diaryl/α,β-unsaturated/α-hetero) is 1. The average molecular weight is 590 g/mol. The number of amides is 1. The number of methoxy groups -OCH3 is 1. The number of fused-ring (bicyclic) bond motifs is 1. The Morgan fingerprint density at radius 3 is 2.67 bits per heavy atom. The first-order chi connectivity index (χ1) is 19.5. The molecule has 1 saturated heterocycles. The molecule has 2 aromatic heterocycles. The van der Waals surface area contributed by atoms with Gasteiger partial charge in [0.1, 0.15) is 11.8 Å². The van der Waals surface area contributed by atoms with E-state index in [1.165, 1.54) is 58.6 Å². The number of carbonyl (C=O) groups is 2. The van der Waals surface area contributed by atoms with Crippen molar-refractivity contribution in [1.82, 2.24) is 10.2 Å². The van der Waals surface area contributed by atoms with E-state index in [0.717, 1.165) is 22.4 Å². The normalized spacial score (nSPS) is 16.6. The van der Waals surface area contributed by atoms with Crippen LogP contribution in [0.4, 0.5) is 9.52 Å². The van der Waals surface area contributed by atoms with Gasteiger partial charge < -0.3 is 9.84 Å². The summed E-state index contributed by atoms with van der Waals surface area (Å²) < 4.78 is 20.0. The summed E-state index contributed by atoms with van der Waals surface area (Å²) in [5, 5.41) is 24.0. The number of thiophene rings is 1. The van der Waals surface area contributed by atoms with E-state index in [2.05, 4.69) is 34.5 Å². The number of halogens is 1. The Morgan fingerprint density at radius 1 is 1.07 bits per heavy atom. The summed E-state index contributed by atoms with van der Waals surface area (Å²) in [5.74, 6) is -2.26. The van der Waals surface area contributed by atoms with Crippen LogP contribution in [0.3, 0.4) is 0 Å². The number of carbonyl (C=O) groups excluding carboxylic acids is 2. The summed E-state index contributed by atoms with van der Waals surface area (Å²) in [6, 6.07) is 20.8. The number of aliphatic hydroxyl groups is 1. The Bertz CT molecular complexity index is 1780. The second kappa shape index (κ2) is 10.8. The van der Waals surface area contributed by atoms with E-state index in [9.17, 15) is 19.1 Å². The second-order valence-corrected chi connectivity index (χ2v) is 12.0. The van der Waals surface area contributed by atoms with Crippen LogP contribution in [-0.2, 0) is 15.3 Å². The third-order valence-electron chi connectivity index (χ3n) is 6.52. The molecule has 0 spiro atoms. The average Bonchev–Trinajstić information content (AvgIpc) is 3.72. The maximum absolute atomic E-state index is 14.4. The molecule has 3 aromatic carbocycles. The number of rotatable bonds is 7. The summed E-state index contributed by atoms with van der Waals surface area (Å²) in [6.07, 6.45) is 0. The molecule has 1 fully saturated rings. The number of ketones is 1. The van der Waals surface area contributed by atoms with Gasteiger partial charge in [0, 0.05) is 16.2 Å². The van der Waals surface area contributed by atoms with E-state index in [1.807, 2.05) is 23.6 Å². The number of hydrogen-bond donors (Lipinski definition) is 1. The Kier molecular flexibility index (Phi) is 7.09. The Labute approximate surface area is 240 Å². The van der Waals surface area contributed by atoms with Gasteiger partial charge >= 0.3 is 5.91 Å². The van der Waals surface area contributed by atoms with Crippen molar-refractivity contribution in [3.63, 3.8) is 0 Å². The molecule has 0 saturated carbocycles. The van der Waals surface area contributed by atoms with Crippen LogP contribution in [-0.4, -0.2) is 34.1 Å². The number of hydrogen-bond acceptors (Lipinski definition) is 9. The molecular formula is C29H20FN3O4S3. The van der Waals surface area contributed by atoms with Gasteiger partial charge in [-0.2, -0.15) is 0 Å². The molecule has 3 heterocycles. The molecule has 1 unspecified atom stereocenters. The van der Waals surface area contributed by atoms with Crippen molar-refractivity contribution in [2.24, 2.45) is 0 Å². The molecule has 1 aliphatic rings. The van der Waals surface area contributed by atoms with Crippen LogP contribution in [0.15, 0.2) is 88.1 Å². The highest BCUT2D eigenvalue weighted by Crippen LogP contribution is 2.45. The van der Waals surface area contributed by atoms with E-state index in [-0.39, 0.29) is 22.0 Å². The molecule has 0 aliphatic carbocycles. The summed E-state index contributed by atoms with van der Waals surface area (Å²) in [6.45, 7) is 0. The van der Waals surface area contributed by atoms with Crippen LogP contribution in [0.5, 0.6) is 5.75 Å². The van der Waals surface area contributed by atoms with Gasteiger partial charge in [0.25, 0.3) is 5.78 Å². The molecule has 200 valence electrons. The zero-order chi connectivity index (χ0) is 27.8. The minimum Gasteiger partial charge on any atom is -0.507 e. The smallest absolute Gasteiger partial charge is 0.301 e. The first kappa shape index (κ1) is 26.2. The van der Waals surface area contributed by atoms with Gasteiger partial charge in [-0.05, 0) is 46.0 Å². The van der Waals surface area contributed by atoms with Crippen molar-refractivity contribution in [3.05, 3.63) is 106 Å². The molecule has 0 radical (unpaired) electrons. The second-order valence-electron chi connectivity index (χ2n) is 8.81. The van der Waals surface area contributed by atoms with Gasteiger partial charge in [0.15, 0.2) is 15.9 Å². The third-order valence-corrected chi connectivity index (χ3v) is 9.54. The standard InChI is InChI=1S/C29H20FN3O4S3/c1-37-21-12-11-17(14-20(21)30)25(34)23-24(22-10-5-13-38-22)33(27(36)26(23)35)28-31-32-29(40-28)39-15-18-8-4-7-16-6-2-3-9-19(16)18/h2-14,24,34H,15H2,1H3/b25-23+. The van der Waals surface area contributed by atoms with E-state index in [0.29, 0.717) is 15.0 Å². The number of anilines is 1. The lowest BCUT2D eigenvalue weighted by Gasteiger charge is -2.20. The van der Waals surface area contributed by atoms with Crippen LogP contribution in [0.1, 0.15) is 22.0 Å². The lowest BCUT2D eigenvalue weighted by Crippen LogP contribution is -2.29. The first-order valence-corrected chi connectivity index (χ1v) is 14.8. The maximum Gasteiger partial charge on any atom is 0.301 e. The molecule has 1 amide bonds. The van der Waals surface area contributed by atoms with E-state index < -0.39 is 29.3 Å². The summed E-state index contributed by atoms with van der Waals surface area (Å²) >= 11 is 4.01. The highest BCUT2D eigenvalue weighted by molar-refractivity contribution is 8.00. The zero-order valence-corrected chi connectivity index (χ0v) is 23.4. The van der Waals surface area contributed by atoms with Crippen molar-refractivity contribution in [2.75, 3.05) is 12.0 Å². The Balaban J connectivity index is 1.34. The van der Waals surface area contributed by atoms with Gasteiger partial charge in [-0.3, -0.25) is 14.5 Å². The molecule has 5 aromatic rings. The third kappa shape index (κ3) is 4.66. The summed E-state index contributed by atoms with van der Waals surface area (Å²) in [7, 11) is 1.33. The van der Waals surface area contributed by atoms with Crippen LogP contribution >= 0.6 is 34.4 Å². The highest BCUT2D eigenvalue weighted by atomic mass is 32.2. The fourth-order valence-electron chi connectivity index (χ4n) is 4.63. The Morgan fingerprint density at radius 2 is 1.90 bits per heavy atom. The van der Waals surface area contributed by atoms with Gasteiger partial charge in [0.2, 0.25) is 5.13 Å². The zero-order valence-electron chi connectivity index (χ0n) is 20.9. The quantitative estimate of drug-likeness (QED) is 0.0732. The van der Waals surface area contributed by atoms with E-state index in [1.54, 1.807) is 12.1 Å². The Hall–Kier alpha value is -4.06. The van der Waals surface area contributed by atoms with Crippen LogP contribution in [0.2, 0.25) is 0 Å². The van der Waals surface area contributed by atoms with Gasteiger partial charge in [-0.15, -0.1) is 21.5 Å². The number of aliphatic hydroxyl groups excluding tert-OH is 1. The summed E-state index contributed by atoms with van der Waals surface area (Å²) in [4.78, 5) is 28.5. The van der Waals surface area contributed by atoms with E-state index >= 15 is 0 Å². The van der Waals surface area contributed by atoms with Gasteiger partial charge in [-0.25, -0.2) is 4.39 Å². The molecule has 40 heavy (non-hydrogen) atoms. The minimum atomic E-state index is -0.936. The lowest BCUT2D eigenvalue weighted by molar-refractivity contribution is -0.132. The number of ether oxygens (including phenoxy) is 1. The number of thioether (sulfide) groups is 1. The van der Waals surface area contributed by atoms with Crippen molar-refractivity contribution in [2.45, 2.75) is 16.1 Å². The number of aromatic nitrogens is 2. The molecule has 1 N–H and O–H groups in total. The fourth-order valence-corrected chi connectivity index (χ4v) is 7.33. The van der Waals surface area contributed by atoms with Gasteiger partial charge in [-0.1, -0.05) is 71.6 Å². The molecule has 7 nitrogen and oxygen atoms in total. The highest BCUT2D eigenvalue weighted by Gasteiger charge is 2.48. The molecule has 0 bridgehead atoms. The van der Waals surface area contributed by atoms with Crippen LogP contribution in [0.25, 0.3) is 16.5 Å². The van der Waals surface area contributed by atoms with Crippen molar-refractivity contribution in [1.29, 1.82) is 0 Å². The molecule has 1 aliphatic heterocycles. The SMILES string of the molecule is COc1ccc(/C(O)=C2\C(=O)C(=O)N(c3nnc(SCc4cccc5ccccc45)s3)C2c2cccs2)cc1F. The fraction of sp³-hybridized carbons (Fsp3) is 0.103. The predicted octanol–water partition coefficient (Wildman–Crippen LogP) is 6.82. The van der Waals surface area contributed by atoms with Crippen LogP contribution < -0.4 is 9.64 Å². The maximum atomic E-state index is 14.4. The first-order valence-electron chi connectivity index (χ1n) is 12.1. The van der Waals surface area contributed by atoms with Crippen molar-refractivity contribution in [3.8, 4) is 5.75 Å². The minimum absolute atomic E-state index is 0.00537. The molecule has 6 rings (SSSR count).